The van der Waals surface area contributed by atoms with Crippen molar-refractivity contribution in [1.82, 2.24) is 0 Å². The summed E-state index contributed by atoms with van der Waals surface area (Å²) >= 11 is 2.77. The van der Waals surface area contributed by atoms with Crippen molar-refractivity contribution >= 4 is 28.6 Å². The highest BCUT2D eigenvalue weighted by Crippen LogP contribution is 2.39. The van der Waals surface area contributed by atoms with Crippen molar-refractivity contribution in [3.8, 4) is 0 Å². The molecule has 2 bridgehead atoms. The molecule has 24 heavy (non-hydrogen) atoms. The van der Waals surface area contributed by atoms with Crippen LogP contribution < -0.4 is 0 Å². The standard InChI is InChI=1S/C18H22NO3S2/c1-19-8-6-13(7-9-19)14(12-19)22-17(20)18(21,15-4-2-10-23-15)16-5-3-11-24-16/h2-5,10-11,13-14,21H,6-9,12H2,1H3/q+1/t13?,14-,19?/m0/s1. The molecule has 0 unspecified atom stereocenters. The first kappa shape index (κ1) is 16.3. The number of rotatable bonds is 4. The van der Waals surface area contributed by atoms with Gasteiger partial charge in [-0.15, -0.1) is 22.7 Å². The number of fused-ring (bicyclic) bond motifs is 3. The Morgan fingerprint density at radius 3 is 2.25 bits per heavy atom. The molecule has 5 heterocycles. The van der Waals surface area contributed by atoms with E-state index in [-0.39, 0.29) is 6.10 Å². The third-order valence-corrected chi connectivity index (χ3v) is 7.49. The largest absolute Gasteiger partial charge is 0.453 e. The summed E-state index contributed by atoms with van der Waals surface area (Å²) in [4.78, 5) is 14.3. The second-order valence-corrected chi connectivity index (χ2v) is 9.09. The van der Waals surface area contributed by atoms with Crippen LogP contribution >= 0.6 is 22.7 Å². The van der Waals surface area contributed by atoms with Gasteiger partial charge in [0.1, 0.15) is 6.54 Å². The van der Waals surface area contributed by atoms with E-state index >= 15 is 0 Å². The average molecular weight is 365 g/mol. The van der Waals surface area contributed by atoms with Crippen molar-refractivity contribution in [2.45, 2.75) is 24.5 Å². The van der Waals surface area contributed by atoms with E-state index in [0.29, 0.717) is 15.7 Å². The van der Waals surface area contributed by atoms with Crippen LogP contribution in [-0.2, 0) is 15.1 Å². The molecule has 1 atom stereocenters. The number of esters is 1. The first-order chi connectivity index (χ1) is 11.5. The van der Waals surface area contributed by atoms with E-state index in [9.17, 15) is 9.90 Å². The summed E-state index contributed by atoms with van der Waals surface area (Å²) in [6.45, 7) is 3.19. The van der Waals surface area contributed by atoms with Crippen LogP contribution in [0.5, 0.6) is 0 Å². The van der Waals surface area contributed by atoms with Crippen molar-refractivity contribution in [2.24, 2.45) is 5.92 Å². The second-order valence-electron chi connectivity index (χ2n) is 7.20. The fraction of sp³-hybridized carbons (Fsp3) is 0.500. The van der Waals surface area contributed by atoms with Gasteiger partial charge in [0.05, 0.1) is 29.9 Å². The van der Waals surface area contributed by atoms with Crippen LogP contribution in [0.25, 0.3) is 0 Å². The van der Waals surface area contributed by atoms with Gasteiger partial charge in [0.15, 0.2) is 6.10 Å². The summed E-state index contributed by atoms with van der Waals surface area (Å²) in [6, 6.07) is 7.31. The number of hydrogen-bond acceptors (Lipinski definition) is 5. The molecule has 0 saturated carbocycles. The van der Waals surface area contributed by atoms with Crippen molar-refractivity contribution in [1.29, 1.82) is 0 Å². The zero-order chi connectivity index (χ0) is 16.8. The van der Waals surface area contributed by atoms with Gasteiger partial charge in [-0.1, -0.05) is 12.1 Å². The van der Waals surface area contributed by atoms with E-state index in [1.165, 1.54) is 35.8 Å². The van der Waals surface area contributed by atoms with E-state index in [0.717, 1.165) is 23.9 Å². The molecule has 6 heteroatoms. The smallest absolute Gasteiger partial charge is 0.349 e. The van der Waals surface area contributed by atoms with Crippen LogP contribution in [0.1, 0.15) is 22.6 Å². The van der Waals surface area contributed by atoms with Gasteiger partial charge >= 0.3 is 5.97 Å². The first-order valence-electron chi connectivity index (χ1n) is 8.36. The highest BCUT2D eigenvalue weighted by molar-refractivity contribution is 7.12. The zero-order valence-corrected chi connectivity index (χ0v) is 15.3. The number of thiophene rings is 2. The summed E-state index contributed by atoms with van der Waals surface area (Å²) in [5.74, 6) is -0.0948. The molecule has 3 fully saturated rings. The summed E-state index contributed by atoms with van der Waals surface area (Å²) in [5, 5.41) is 15.1. The van der Waals surface area contributed by atoms with Gasteiger partial charge in [-0.25, -0.2) is 4.79 Å². The fourth-order valence-electron chi connectivity index (χ4n) is 4.00. The van der Waals surface area contributed by atoms with Crippen molar-refractivity contribution < 1.29 is 19.1 Å². The molecular weight excluding hydrogens is 342 g/mol. The van der Waals surface area contributed by atoms with Crippen LogP contribution in [0.4, 0.5) is 0 Å². The van der Waals surface area contributed by atoms with E-state index in [2.05, 4.69) is 7.05 Å². The summed E-state index contributed by atoms with van der Waals surface area (Å²) < 4.78 is 6.89. The van der Waals surface area contributed by atoms with Gasteiger partial charge in [0.25, 0.3) is 0 Å². The van der Waals surface area contributed by atoms with Crippen LogP contribution in [0, 0.1) is 5.92 Å². The monoisotopic (exact) mass is 364 g/mol. The topological polar surface area (TPSA) is 46.5 Å². The Hall–Kier alpha value is -1.21. The van der Waals surface area contributed by atoms with Gasteiger partial charge in [-0.2, -0.15) is 0 Å². The van der Waals surface area contributed by atoms with E-state index in [1.807, 2.05) is 22.9 Å². The predicted molar refractivity (Wildman–Crippen MR) is 95.0 cm³/mol. The second kappa shape index (κ2) is 5.95. The van der Waals surface area contributed by atoms with Crippen molar-refractivity contribution in [2.75, 3.05) is 26.7 Å². The molecule has 3 aliphatic rings. The molecule has 5 rings (SSSR count). The van der Waals surface area contributed by atoms with Crippen LogP contribution in [-0.4, -0.2) is 48.3 Å². The Bertz CT molecular complexity index is 668. The Kier molecular flexibility index (Phi) is 4.03. The van der Waals surface area contributed by atoms with Gasteiger partial charge in [-0.3, -0.25) is 0 Å². The number of nitrogens with zero attached hydrogens (tertiary/aromatic N) is 1. The minimum atomic E-state index is -1.69. The van der Waals surface area contributed by atoms with Gasteiger partial charge in [0, 0.05) is 18.8 Å². The Labute approximate surface area is 149 Å². The molecule has 0 spiro atoms. The molecule has 0 amide bonds. The first-order valence-corrected chi connectivity index (χ1v) is 10.1. The molecule has 128 valence electrons. The van der Waals surface area contributed by atoms with E-state index in [4.69, 9.17) is 4.74 Å². The molecule has 3 aliphatic heterocycles. The van der Waals surface area contributed by atoms with Crippen molar-refractivity contribution in [3.05, 3.63) is 44.8 Å². The van der Waals surface area contributed by atoms with Crippen LogP contribution in [0.2, 0.25) is 0 Å². The molecule has 2 aromatic rings. The minimum Gasteiger partial charge on any atom is -0.453 e. The lowest BCUT2D eigenvalue weighted by Crippen LogP contribution is -2.62. The number of aliphatic hydroxyl groups is 1. The number of carbonyl (C=O) groups excluding carboxylic acids is 1. The third-order valence-electron chi connectivity index (χ3n) is 5.54. The van der Waals surface area contributed by atoms with Crippen molar-refractivity contribution in [3.63, 3.8) is 0 Å². The number of quaternary nitrogens is 1. The predicted octanol–water partition coefficient (Wildman–Crippen LogP) is 2.83. The normalized spacial score (nSPS) is 29.6. The summed E-state index contributed by atoms with van der Waals surface area (Å²) in [7, 11) is 2.24. The van der Waals surface area contributed by atoms with E-state index < -0.39 is 11.6 Å². The zero-order valence-electron chi connectivity index (χ0n) is 13.7. The molecule has 1 N–H and O–H groups in total. The highest BCUT2D eigenvalue weighted by Gasteiger charge is 2.49. The average Bonchev–Trinajstić information content (AvgIpc) is 3.28. The quantitative estimate of drug-likeness (QED) is 0.670. The Balaban J connectivity index is 1.61. The summed E-state index contributed by atoms with van der Waals surface area (Å²) in [6.07, 6.45) is 2.12. The van der Waals surface area contributed by atoms with E-state index in [1.54, 1.807) is 12.1 Å². The molecule has 0 aliphatic carbocycles. The minimum absolute atomic E-state index is 0.0866. The number of likely N-dealkylation sites (N-methyl/N-ethyl adjacent to an activating group) is 1. The van der Waals surface area contributed by atoms with Gasteiger partial charge in [0.2, 0.25) is 5.60 Å². The third kappa shape index (κ3) is 2.62. The number of piperidine rings is 3. The lowest BCUT2D eigenvalue weighted by Gasteiger charge is -2.50. The summed E-state index contributed by atoms with van der Waals surface area (Å²) in [5.41, 5.74) is -1.69. The maximum absolute atomic E-state index is 13.0. The van der Waals surface area contributed by atoms with Crippen LogP contribution in [0.15, 0.2) is 35.0 Å². The van der Waals surface area contributed by atoms with Crippen LogP contribution in [0.3, 0.4) is 0 Å². The highest BCUT2D eigenvalue weighted by atomic mass is 32.1. The molecule has 3 saturated heterocycles. The lowest BCUT2D eigenvalue weighted by molar-refractivity contribution is -0.928. The number of carbonyl (C=O) groups is 1. The number of ether oxygens (including phenoxy) is 1. The Morgan fingerprint density at radius 1 is 1.21 bits per heavy atom. The van der Waals surface area contributed by atoms with Gasteiger partial charge in [-0.05, 0) is 22.9 Å². The number of hydrogen-bond donors (Lipinski definition) is 1. The fourth-order valence-corrected chi connectivity index (χ4v) is 5.71. The lowest BCUT2D eigenvalue weighted by atomic mass is 9.83. The molecule has 0 aromatic carbocycles. The molecule has 2 aromatic heterocycles. The van der Waals surface area contributed by atoms with Gasteiger partial charge < -0.3 is 14.3 Å². The molecular formula is C18H22NO3S2+. The Morgan fingerprint density at radius 2 is 1.79 bits per heavy atom. The SMILES string of the molecule is C[N+]12CCC(CC1)[C@@H](OC(=O)C(O)(c1cccs1)c1cccs1)C2. The maximum Gasteiger partial charge on any atom is 0.349 e. The molecule has 4 nitrogen and oxygen atoms in total. The maximum atomic E-state index is 13.0. The molecule has 0 radical (unpaired) electrons.